The zero-order valence-electron chi connectivity index (χ0n) is 11.1. The lowest BCUT2D eigenvalue weighted by atomic mass is 10.1. The summed E-state index contributed by atoms with van der Waals surface area (Å²) < 4.78 is 28.3. The number of hydrogen-bond donors (Lipinski definition) is 2. The Kier molecular flexibility index (Phi) is 4.06. The number of anilines is 2. The molecule has 4 nitrogen and oxygen atoms in total. The summed E-state index contributed by atoms with van der Waals surface area (Å²) in [5.74, 6) is 0. The molecule has 0 aromatic heterocycles. The molecule has 0 saturated carbocycles. The van der Waals surface area contributed by atoms with E-state index in [9.17, 15) is 8.42 Å². The van der Waals surface area contributed by atoms with E-state index < -0.39 is 10.0 Å². The second kappa shape index (κ2) is 5.46. The van der Waals surface area contributed by atoms with Crippen LogP contribution in [-0.4, -0.2) is 8.42 Å². The molecular weight excluding hydrogens is 340 g/mol. The molecule has 0 radical (unpaired) electrons. The van der Waals surface area contributed by atoms with Crippen molar-refractivity contribution in [1.29, 1.82) is 0 Å². The molecule has 0 spiro atoms. The summed E-state index contributed by atoms with van der Waals surface area (Å²) in [4.78, 5) is 0.152. The third kappa shape index (κ3) is 3.13. The second-order valence-electron chi connectivity index (χ2n) is 4.59. The van der Waals surface area contributed by atoms with Gasteiger partial charge in [0.15, 0.2) is 0 Å². The zero-order valence-corrected chi connectivity index (χ0v) is 13.5. The minimum Gasteiger partial charge on any atom is -0.399 e. The van der Waals surface area contributed by atoms with Crippen LogP contribution in [0.25, 0.3) is 0 Å². The van der Waals surface area contributed by atoms with Gasteiger partial charge in [0.05, 0.1) is 10.6 Å². The van der Waals surface area contributed by atoms with Crippen LogP contribution in [0.1, 0.15) is 11.1 Å². The molecule has 20 heavy (non-hydrogen) atoms. The third-order valence-electron chi connectivity index (χ3n) is 2.90. The number of nitrogens with one attached hydrogen (secondary N) is 1. The predicted octanol–water partition coefficient (Wildman–Crippen LogP) is 3.45. The lowest BCUT2D eigenvalue weighted by Gasteiger charge is -2.14. The van der Waals surface area contributed by atoms with Gasteiger partial charge in [0.25, 0.3) is 10.0 Å². The van der Waals surface area contributed by atoms with Crippen molar-refractivity contribution in [1.82, 2.24) is 0 Å². The van der Waals surface area contributed by atoms with Gasteiger partial charge in [0.2, 0.25) is 0 Å². The van der Waals surface area contributed by atoms with Crippen molar-refractivity contribution in [3.05, 3.63) is 52.0 Å². The van der Waals surface area contributed by atoms with Gasteiger partial charge in [-0.05, 0) is 55.3 Å². The van der Waals surface area contributed by atoms with Crippen molar-refractivity contribution in [2.45, 2.75) is 18.7 Å². The van der Waals surface area contributed by atoms with Crippen molar-refractivity contribution < 1.29 is 8.42 Å². The summed E-state index contributed by atoms with van der Waals surface area (Å²) >= 11 is 3.39. The highest BCUT2D eigenvalue weighted by atomic mass is 79.9. The first-order valence-corrected chi connectivity index (χ1v) is 8.22. The number of halogens is 1. The van der Waals surface area contributed by atoms with E-state index in [4.69, 9.17) is 5.73 Å². The van der Waals surface area contributed by atoms with Crippen LogP contribution < -0.4 is 10.5 Å². The van der Waals surface area contributed by atoms with E-state index in [1.54, 1.807) is 12.1 Å². The zero-order chi connectivity index (χ0) is 14.9. The van der Waals surface area contributed by atoms with Crippen molar-refractivity contribution >= 4 is 37.3 Å². The molecule has 0 saturated heterocycles. The van der Waals surface area contributed by atoms with Gasteiger partial charge in [-0.1, -0.05) is 22.0 Å². The maximum Gasteiger partial charge on any atom is 0.261 e. The Hall–Kier alpha value is -1.53. The Balaban J connectivity index is 2.44. The van der Waals surface area contributed by atoms with Gasteiger partial charge in [0.1, 0.15) is 0 Å². The smallest absolute Gasteiger partial charge is 0.261 e. The summed E-state index contributed by atoms with van der Waals surface area (Å²) in [7, 11) is -3.64. The highest BCUT2D eigenvalue weighted by Crippen LogP contribution is 2.27. The van der Waals surface area contributed by atoms with Gasteiger partial charge in [-0.3, -0.25) is 4.72 Å². The Morgan fingerprint density at radius 2 is 1.70 bits per heavy atom. The number of hydrogen-bond acceptors (Lipinski definition) is 3. The minimum atomic E-state index is -3.64. The van der Waals surface area contributed by atoms with Gasteiger partial charge in [0, 0.05) is 10.2 Å². The first-order chi connectivity index (χ1) is 9.29. The van der Waals surface area contributed by atoms with E-state index >= 15 is 0 Å². The van der Waals surface area contributed by atoms with E-state index in [0.29, 0.717) is 11.4 Å². The SMILES string of the molecule is Cc1cc(Br)cc(C)c1NS(=O)(=O)c1cccc(N)c1. The summed E-state index contributed by atoms with van der Waals surface area (Å²) in [6, 6.07) is 9.95. The fourth-order valence-corrected chi connectivity index (χ4v) is 3.89. The molecule has 106 valence electrons. The molecule has 0 aliphatic carbocycles. The molecule has 0 aliphatic heterocycles. The van der Waals surface area contributed by atoms with Gasteiger partial charge in [-0.25, -0.2) is 8.42 Å². The molecule has 0 unspecified atom stereocenters. The fourth-order valence-electron chi connectivity index (χ4n) is 1.95. The van der Waals surface area contributed by atoms with Crippen molar-refractivity contribution in [3.63, 3.8) is 0 Å². The van der Waals surface area contributed by atoms with E-state index in [0.717, 1.165) is 15.6 Å². The largest absolute Gasteiger partial charge is 0.399 e. The van der Waals surface area contributed by atoms with E-state index in [1.807, 2.05) is 26.0 Å². The van der Waals surface area contributed by atoms with Crippen LogP contribution in [0, 0.1) is 13.8 Å². The molecule has 2 aromatic rings. The quantitative estimate of drug-likeness (QED) is 0.829. The van der Waals surface area contributed by atoms with Crippen LogP contribution in [0.2, 0.25) is 0 Å². The molecule has 0 amide bonds. The Bertz CT molecular complexity index is 735. The molecule has 3 N–H and O–H groups in total. The van der Waals surface area contributed by atoms with Gasteiger partial charge >= 0.3 is 0 Å². The summed E-state index contributed by atoms with van der Waals surface area (Å²) in [6.45, 7) is 3.71. The van der Waals surface area contributed by atoms with Gasteiger partial charge in [-0.15, -0.1) is 0 Å². The Morgan fingerprint density at radius 1 is 1.10 bits per heavy atom. The lowest BCUT2D eigenvalue weighted by Crippen LogP contribution is -2.15. The maximum atomic E-state index is 12.4. The van der Waals surface area contributed by atoms with Gasteiger partial charge in [-0.2, -0.15) is 0 Å². The monoisotopic (exact) mass is 354 g/mol. The molecule has 2 aromatic carbocycles. The van der Waals surface area contributed by atoms with Crippen molar-refractivity contribution in [2.24, 2.45) is 0 Å². The molecule has 2 rings (SSSR count). The number of sulfonamides is 1. The average Bonchev–Trinajstić information content (AvgIpc) is 2.34. The highest BCUT2D eigenvalue weighted by Gasteiger charge is 2.17. The fraction of sp³-hybridized carbons (Fsp3) is 0.143. The maximum absolute atomic E-state index is 12.4. The van der Waals surface area contributed by atoms with E-state index in [2.05, 4.69) is 20.7 Å². The van der Waals surface area contributed by atoms with Crippen LogP contribution in [-0.2, 0) is 10.0 Å². The molecule has 0 heterocycles. The first kappa shape index (κ1) is 14.9. The van der Waals surface area contributed by atoms with Crippen LogP contribution in [0.3, 0.4) is 0 Å². The van der Waals surface area contributed by atoms with Crippen molar-refractivity contribution in [3.8, 4) is 0 Å². The lowest BCUT2D eigenvalue weighted by molar-refractivity contribution is 0.601. The number of rotatable bonds is 3. The summed E-state index contributed by atoms with van der Waals surface area (Å²) in [5, 5.41) is 0. The molecule has 0 bridgehead atoms. The number of benzene rings is 2. The van der Waals surface area contributed by atoms with E-state index in [1.165, 1.54) is 12.1 Å². The molecule has 0 fully saturated rings. The average molecular weight is 355 g/mol. The summed E-state index contributed by atoms with van der Waals surface area (Å²) in [5.41, 5.74) is 8.34. The Labute approximate surface area is 127 Å². The normalized spacial score (nSPS) is 11.3. The molecule has 0 atom stereocenters. The molecule has 6 heteroatoms. The topological polar surface area (TPSA) is 72.2 Å². The number of nitrogen functional groups attached to an aromatic ring is 1. The number of aryl methyl sites for hydroxylation is 2. The van der Waals surface area contributed by atoms with Gasteiger partial charge < -0.3 is 5.73 Å². The third-order valence-corrected chi connectivity index (χ3v) is 4.71. The Morgan fingerprint density at radius 3 is 2.25 bits per heavy atom. The molecule has 0 aliphatic rings. The molecular formula is C14H15BrN2O2S. The van der Waals surface area contributed by atoms with Crippen LogP contribution >= 0.6 is 15.9 Å². The minimum absolute atomic E-state index is 0.152. The first-order valence-electron chi connectivity index (χ1n) is 5.95. The van der Waals surface area contributed by atoms with Crippen molar-refractivity contribution in [2.75, 3.05) is 10.5 Å². The highest BCUT2D eigenvalue weighted by molar-refractivity contribution is 9.10. The number of nitrogens with two attached hydrogens (primary N) is 1. The van der Waals surface area contributed by atoms with E-state index in [-0.39, 0.29) is 4.90 Å². The predicted molar refractivity (Wildman–Crippen MR) is 85.3 cm³/mol. The van der Waals surface area contributed by atoms with Crippen LogP contribution in [0.5, 0.6) is 0 Å². The standard InChI is InChI=1S/C14H15BrN2O2S/c1-9-6-11(15)7-10(2)14(9)17-20(18,19)13-5-3-4-12(16)8-13/h3-8,17H,16H2,1-2H3. The van der Waals surface area contributed by atoms with Crippen LogP contribution in [0.15, 0.2) is 45.8 Å². The second-order valence-corrected chi connectivity index (χ2v) is 7.19. The van der Waals surface area contributed by atoms with Crippen LogP contribution in [0.4, 0.5) is 11.4 Å². The summed E-state index contributed by atoms with van der Waals surface area (Å²) in [6.07, 6.45) is 0.